The molecule has 0 aliphatic carbocycles. The quantitative estimate of drug-likeness (QED) is 0.586. The zero-order valence-electron chi connectivity index (χ0n) is 17.1. The molecule has 1 amide bonds. The molecular weight excluding hydrogens is 370 g/mol. The number of methoxy groups -OCH3 is 3. The second-order valence-electron chi connectivity index (χ2n) is 6.56. The van der Waals surface area contributed by atoms with Crippen molar-refractivity contribution in [2.75, 3.05) is 28.4 Å². The molecule has 2 aromatic carbocycles. The number of carbonyl (C=O) groups excluding carboxylic acids is 1. The molecule has 0 aliphatic heterocycles. The van der Waals surface area contributed by atoms with Gasteiger partial charge in [0.25, 0.3) is 5.91 Å². The molecule has 152 valence electrons. The fourth-order valence-corrected chi connectivity index (χ4v) is 3.17. The second-order valence-corrected chi connectivity index (χ2v) is 6.56. The Hall–Kier alpha value is -3.48. The van der Waals surface area contributed by atoms with Crippen molar-refractivity contribution in [2.45, 2.75) is 13.1 Å². The normalized spacial score (nSPS) is 10.5. The smallest absolute Gasteiger partial charge is 0.253 e. The molecule has 0 unspecified atom stereocenters. The van der Waals surface area contributed by atoms with Crippen LogP contribution >= 0.6 is 0 Å². The van der Waals surface area contributed by atoms with Crippen molar-refractivity contribution in [3.63, 3.8) is 0 Å². The lowest BCUT2D eigenvalue weighted by Crippen LogP contribution is -2.26. The standard InChI is InChI=1S/C22H25N3O4/c1-24(15-18-10-11-19(27-2)21(29-4)20(18)28-3)22(26)17-8-6-16(7-9-17)14-25-13-5-12-23-25/h5-13H,14-15H2,1-4H3. The van der Waals surface area contributed by atoms with E-state index in [1.165, 1.54) is 0 Å². The van der Waals surface area contributed by atoms with Gasteiger partial charge in [-0.25, -0.2) is 0 Å². The molecule has 1 heterocycles. The maximum Gasteiger partial charge on any atom is 0.253 e. The number of ether oxygens (including phenoxy) is 3. The monoisotopic (exact) mass is 395 g/mol. The predicted octanol–water partition coefficient (Wildman–Crippen LogP) is 3.23. The van der Waals surface area contributed by atoms with Crippen molar-refractivity contribution in [1.82, 2.24) is 14.7 Å². The van der Waals surface area contributed by atoms with Crippen molar-refractivity contribution < 1.29 is 19.0 Å². The number of rotatable bonds is 8. The van der Waals surface area contributed by atoms with Crippen LogP contribution in [0.3, 0.4) is 0 Å². The number of hydrogen-bond donors (Lipinski definition) is 0. The SMILES string of the molecule is COc1ccc(CN(C)C(=O)c2ccc(Cn3cccn3)cc2)c(OC)c1OC. The fourth-order valence-electron chi connectivity index (χ4n) is 3.17. The molecule has 0 atom stereocenters. The van der Waals surface area contributed by atoms with Gasteiger partial charge in [-0.3, -0.25) is 9.48 Å². The Bertz CT molecular complexity index is 953. The van der Waals surface area contributed by atoms with Crippen LogP contribution in [0.2, 0.25) is 0 Å². The Morgan fingerprint density at radius 3 is 2.31 bits per heavy atom. The van der Waals surface area contributed by atoms with Gasteiger partial charge in [0.1, 0.15) is 0 Å². The van der Waals surface area contributed by atoms with Gasteiger partial charge < -0.3 is 19.1 Å². The number of carbonyl (C=O) groups is 1. The van der Waals surface area contributed by atoms with E-state index in [0.29, 0.717) is 35.9 Å². The van der Waals surface area contributed by atoms with Gasteiger partial charge in [0.05, 0.1) is 27.9 Å². The first-order chi connectivity index (χ1) is 14.1. The highest BCUT2D eigenvalue weighted by Gasteiger charge is 2.19. The van der Waals surface area contributed by atoms with Crippen LogP contribution in [0, 0.1) is 0 Å². The predicted molar refractivity (Wildman–Crippen MR) is 110 cm³/mol. The Kier molecular flexibility index (Phi) is 6.39. The van der Waals surface area contributed by atoms with Crippen LogP contribution in [0.1, 0.15) is 21.5 Å². The van der Waals surface area contributed by atoms with Gasteiger partial charge >= 0.3 is 0 Å². The lowest BCUT2D eigenvalue weighted by atomic mass is 10.1. The first kappa shape index (κ1) is 20.3. The van der Waals surface area contributed by atoms with Gasteiger partial charge in [-0.2, -0.15) is 5.10 Å². The molecular formula is C22H25N3O4. The maximum atomic E-state index is 12.9. The first-order valence-corrected chi connectivity index (χ1v) is 9.17. The number of nitrogens with zero attached hydrogens (tertiary/aromatic N) is 3. The van der Waals surface area contributed by atoms with E-state index >= 15 is 0 Å². The minimum atomic E-state index is -0.0764. The summed E-state index contributed by atoms with van der Waals surface area (Å²) in [5, 5.41) is 4.20. The van der Waals surface area contributed by atoms with Gasteiger partial charge in [0, 0.05) is 37.1 Å². The molecule has 7 nitrogen and oxygen atoms in total. The third-order valence-corrected chi connectivity index (χ3v) is 4.64. The van der Waals surface area contributed by atoms with Crippen molar-refractivity contribution >= 4 is 5.91 Å². The summed E-state index contributed by atoms with van der Waals surface area (Å²) in [6, 6.07) is 13.1. The molecule has 3 rings (SSSR count). The van der Waals surface area contributed by atoms with Gasteiger partial charge in [-0.1, -0.05) is 12.1 Å². The minimum Gasteiger partial charge on any atom is -0.493 e. The molecule has 29 heavy (non-hydrogen) atoms. The summed E-state index contributed by atoms with van der Waals surface area (Å²) in [5.74, 6) is 1.57. The topological polar surface area (TPSA) is 65.8 Å². The highest BCUT2D eigenvalue weighted by atomic mass is 16.5. The molecule has 0 fully saturated rings. The fraction of sp³-hybridized carbons (Fsp3) is 0.273. The number of hydrogen-bond acceptors (Lipinski definition) is 5. The van der Waals surface area contributed by atoms with E-state index in [4.69, 9.17) is 14.2 Å². The number of amides is 1. The Labute approximate surface area is 170 Å². The molecule has 0 radical (unpaired) electrons. The Morgan fingerprint density at radius 2 is 1.72 bits per heavy atom. The maximum absolute atomic E-state index is 12.9. The largest absolute Gasteiger partial charge is 0.493 e. The van der Waals surface area contributed by atoms with E-state index in [-0.39, 0.29) is 5.91 Å². The highest BCUT2D eigenvalue weighted by molar-refractivity contribution is 5.94. The van der Waals surface area contributed by atoms with Gasteiger partial charge in [-0.05, 0) is 35.9 Å². The summed E-state index contributed by atoms with van der Waals surface area (Å²) in [6.07, 6.45) is 3.65. The zero-order valence-corrected chi connectivity index (χ0v) is 17.1. The van der Waals surface area contributed by atoms with E-state index in [9.17, 15) is 4.79 Å². The van der Waals surface area contributed by atoms with Crippen LogP contribution < -0.4 is 14.2 Å². The highest BCUT2D eigenvalue weighted by Crippen LogP contribution is 2.40. The first-order valence-electron chi connectivity index (χ1n) is 9.17. The molecule has 1 aromatic heterocycles. The third-order valence-electron chi connectivity index (χ3n) is 4.64. The van der Waals surface area contributed by atoms with Crippen LogP contribution in [0.15, 0.2) is 54.9 Å². The van der Waals surface area contributed by atoms with Gasteiger partial charge in [-0.15, -0.1) is 0 Å². The zero-order chi connectivity index (χ0) is 20.8. The van der Waals surface area contributed by atoms with E-state index in [1.54, 1.807) is 45.5 Å². The van der Waals surface area contributed by atoms with Crippen molar-refractivity contribution in [1.29, 1.82) is 0 Å². The average molecular weight is 395 g/mol. The van der Waals surface area contributed by atoms with Crippen molar-refractivity contribution in [3.8, 4) is 17.2 Å². The third kappa shape index (κ3) is 4.51. The summed E-state index contributed by atoms with van der Waals surface area (Å²) in [5.41, 5.74) is 2.53. The van der Waals surface area contributed by atoms with Crippen LogP contribution in [-0.4, -0.2) is 49.0 Å². The lowest BCUT2D eigenvalue weighted by Gasteiger charge is -2.21. The lowest BCUT2D eigenvalue weighted by molar-refractivity contribution is 0.0784. The summed E-state index contributed by atoms with van der Waals surface area (Å²) in [6.45, 7) is 1.04. The molecule has 7 heteroatoms. The minimum absolute atomic E-state index is 0.0764. The van der Waals surface area contributed by atoms with E-state index < -0.39 is 0 Å². The summed E-state index contributed by atoms with van der Waals surface area (Å²) in [7, 11) is 6.46. The van der Waals surface area contributed by atoms with Crippen LogP contribution in [0.5, 0.6) is 17.2 Å². The van der Waals surface area contributed by atoms with E-state index in [2.05, 4.69) is 5.10 Å². The van der Waals surface area contributed by atoms with Crippen LogP contribution in [-0.2, 0) is 13.1 Å². The molecule has 0 aliphatic rings. The summed E-state index contributed by atoms with van der Waals surface area (Å²) in [4.78, 5) is 14.5. The number of benzene rings is 2. The van der Waals surface area contributed by atoms with Crippen LogP contribution in [0.4, 0.5) is 0 Å². The molecule has 3 aromatic rings. The van der Waals surface area contributed by atoms with Gasteiger partial charge in [0.15, 0.2) is 11.5 Å². The average Bonchev–Trinajstić information content (AvgIpc) is 3.26. The van der Waals surface area contributed by atoms with Crippen molar-refractivity contribution in [2.24, 2.45) is 0 Å². The van der Waals surface area contributed by atoms with Crippen molar-refractivity contribution in [3.05, 3.63) is 71.5 Å². The van der Waals surface area contributed by atoms with Gasteiger partial charge in [0.2, 0.25) is 5.75 Å². The molecule has 0 spiro atoms. The molecule has 0 N–H and O–H groups in total. The Balaban J connectivity index is 1.73. The molecule has 0 saturated carbocycles. The summed E-state index contributed by atoms with van der Waals surface area (Å²) >= 11 is 0. The Morgan fingerprint density at radius 1 is 1.00 bits per heavy atom. The summed E-state index contributed by atoms with van der Waals surface area (Å²) < 4.78 is 18.1. The number of aromatic nitrogens is 2. The van der Waals surface area contributed by atoms with Crippen LogP contribution in [0.25, 0.3) is 0 Å². The van der Waals surface area contributed by atoms with E-state index in [0.717, 1.165) is 11.1 Å². The molecule has 0 saturated heterocycles. The van der Waals surface area contributed by atoms with E-state index in [1.807, 2.05) is 47.3 Å². The molecule has 0 bridgehead atoms. The second kappa shape index (κ2) is 9.14.